The summed E-state index contributed by atoms with van der Waals surface area (Å²) in [4.78, 5) is 23.0. The number of anilines is 1. The number of hydrogen-bond acceptors (Lipinski definition) is 3. The summed E-state index contributed by atoms with van der Waals surface area (Å²) < 4.78 is 0. The number of allylic oxidation sites excluding steroid dienone is 1. The Morgan fingerprint density at radius 3 is 3.05 bits per heavy atom. The van der Waals surface area contributed by atoms with Gasteiger partial charge in [0.15, 0.2) is 0 Å². The van der Waals surface area contributed by atoms with E-state index in [-0.39, 0.29) is 5.91 Å². The highest BCUT2D eigenvalue weighted by atomic mass is 16.1. The number of nitrogens with zero attached hydrogens (tertiary/aromatic N) is 2. The molecule has 0 aliphatic heterocycles. The van der Waals surface area contributed by atoms with Gasteiger partial charge in [-0.05, 0) is 30.9 Å². The van der Waals surface area contributed by atoms with Gasteiger partial charge in [0.25, 0.3) is 0 Å². The fourth-order valence-electron chi connectivity index (χ4n) is 2.50. The Labute approximate surface area is 111 Å². The molecule has 0 spiro atoms. The molecule has 2 N–H and O–H groups in total. The van der Waals surface area contributed by atoms with E-state index in [1.165, 1.54) is 32.0 Å². The van der Waals surface area contributed by atoms with Crippen LogP contribution in [-0.4, -0.2) is 20.9 Å². The third-order valence-electron chi connectivity index (χ3n) is 3.52. The third-order valence-corrected chi connectivity index (χ3v) is 3.52. The summed E-state index contributed by atoms with van der Waals surface area (Å²) in [5.41, 5.74) is 0.727. The lowest BCUT2D eigenvalue weighted by Gasteiger charge is -2.03. The van der Waals surface area contributed by atoms with E-state index in [0.717, 1.165) is 11.0 Å². The first-order valence-electron chi connectivity index (χ1n) is 6.60. The molecule has 0 atom stereocenters. The average molecular weight is 256 g/mol. The Morgan fingerprint density at radius 1 is 1.37 bits per heavy atom. The van der Waals surface area contributed by atoms with Gasteiger partial charge < -0.3 is 10.3 Å². The summed E-state index contributed by atoms with van der Waals surface area (Å²) >= 11 is 0. The lowest BCUT2D eigenvalue weighted by atomic mass is 10.1. The van der Waals surface area contributed by atoms with Crippen LogP contribution < -0.4 is 5.32 Å². The first kappa shape index (κ1) is 11.9. The monoisotopic (exact) mass is 256 g/mol. The third kappa shape index (κ3) is 2.65. The molecular formula is C14H16N4O. The van der Waals surface area contributed by atoms with Gasteiger partial charge in [0.1, 0.15) is 17.8 Å². The molecule has 2 aromatic rings. The zero-order valence-corrected chi connectivity index (χ0v) is 10.6. The molecule has 1 fully saturated rings. The van der Waals surface area contributed by atoms with Crippen LogP contribution in [0.5, 0.6) is 0 Å². The van der Waals surface area contributed by atoms with Crippen molar-refractivity contribution in [3.8, 4) is 0 Å². The van der Waals surface area contributed by atoms with Crippen molar-refractivity contribution >= 4 is 22.8 Å². The molecule has 0 unspecified atom stereocenters. The first-order valence-corrected chi connectivity index (χ1v) is 6.60. The summed E-state index contributed by atoms with van der Waals surface area (Å²) in [7, 11) is 0. The van der Waals surface area contributed by atoms with E-state index in [4.69, 9.17) is 0 Å². The summed E-state index contributed by atoms with van der Waals surface area (Å²) in [5, 5.41) is 3.62. The minimum Gasteiger partial charge on any atom is -0.346 e. The van der Waals surface area contributed by atoms with Crippen LogP contribution in [-0.2, 0) is 4.79 Å². The van der Waals surface area contributed by atoms with E-state index in [1.54, 1.807) is 12.3 Å². The molecule has 1 amide bonds. The van der Waals surface area contributed by atoms with Crippen molar-refractivity contribution in [1.82, 2.24) is 15.0 Å². The second-order valence-electron chi connectivity index (χ2n) is 4.86. The van der Waals surface area contributed by atoms with Crippen LogP contribution in [0.25, 0.3) is 11.0 Å². The molecule has 0 radical (unpaired) electrons. The predicted octanol–water partition coefficient (Wildman–Crippen LogP) is 2.64. The van der Waals surface area contributed by atoms with Gasteiger partial charge in [-0.25, -0.2) is 9.97 Å². The lowest BCUT2D eigenvalue weighted by molar-refractivity contribution is -0.111. The van der Waals surface area contributed by atoms with Crippen molar-refractivity contribution in [3.05, 3.63) is 30.7 Å². The molecular weight excluding hydrogens is 240 g/mol. The molecule has 0 bridgehead atoms. The zero-order valence-electron chi connectivity index (χ0n) is 10.6. The van der Waals surface area contributed by atoms with Gasteiger partial charge in [0.2, 0.25) is 5.91 Å². The normalized spacial score (nSPS) is 16.4. The topological polar surface area (TPSA) is 70.7 Å². The van der Waals surface area contributed by atoms with E-state index in [2.05, 4.69) is 20.3 Å². The SMILES string of the molecule is O=C(/C=C/C1CCCC1)Nc1ncnc2[nH]ccc12. The summed E-state index contributed by atoms with van der Waals surface area (Å²) in [6, 6.07) is 1.85. The lowest BCUT2D eigenvalue weighted by Crippen LogP contribution is -2.10. The van der Waals surface area contributed by atoms with E-state index in [0.29, 0.717) is 11.7 Å². The average Bonchev–Trinajstić information content (AvgIpc) is 3.08. The first-order chi connectivity index (χ1) is 9.33. The van der Waals surface area contributed by atoms with Crippen LogP contribution in [0.3, 0.4) is 0 Å². The molecule has 5 nitrogen and oxygen atoms in total. The molecule has 2 aromatic heterocycles. The molecule has 19 heavy (non-hydrogen) atoms. The molecule has 1 aliphatic carbocycles. The molecule has 2 heterocycles. The van der Waals surface area contributed by atoms with Gasteiger partial charge in [-0.1, -0.05) is 18.9 Å². The number of fused-ring (bicyclic) bond motifs is 1. The van der Waals surface area contributed by atoms with Crippen LogP contribution in [0.1, 0.15) is 25.7 Å². The molecule has 98 valence electrons. The van der Waals surface area contributed by atoms with Gasteiger partial charge in [0.05, 0.1) is 5.39 Å². The fourth-order valence-corrected chi connectivity index (χ4v) is 2.50. The number of H-pyrrole nitrogens is 1. The van der Waals surface area contributed by atoms with Crippen LogP contribution in [0.15, 0.2) is 30.7 Å². The highest BCUT2D eigenvalue weighted by Gasteiger charge is 2.12. The van der Waals surface area contributed by atoms with E-state index in [9.17, 15) is 4.79 Å². The van der Waals surface area contributed by atoms with Gasteiger partial charge in [0, 0.05) is 6.20 Å². The Kier molecular flexibility index (Phi) is 3.27. The minimum absolute atomic E-state index is 0.131. The van der Waals surface area contributed by atoms with Crippen molar-refractivity contribution < 1.29 is 4.79 Å². The van der Waals surface area contributed by atoms with Crippen LogP contribution in [0, 0.1) is 5.92 Å². The van der Waals surface area contributed by atoms with Crippen LogP contribution in [0.2, 0.25) is 0 Å². The number of carbonyl (C=O) groups is 1. The number of aromatic nitrogens is 3. The maximum atomic E-state index is 11.9. The zero-order chi connectivity index (χ0) is 13.1. The number of amides is 1. The smallest absolute Gasteiger partial charge is 0.249 e. The highest BCUT2D eigenvalue weighted by Crippen LogP contribution is 2.25. The fraction of sp³-hybridized carbons (Fsp3) is 0.357. The Bertz CT molecular complexity index is 611. The van der Waals surface area contributed by atoms with Gasteiger partial charge >= 0.3 is 0 Å². The van der Waals surface area contributed by atoms with Crippen LogP contribution in [0.4, 0.5) is 5.82 Å². The Hall–Kier alpha value is -2.17. The molecule has 5 heteroatoms. The summed E-state index contributed by atoms with van der Waals surface area (Å²) in [5.74, 6) is 0.976. The summed E-state index contributed by atoms with van der Waals surface area (Å²) in [6.45, 7) is 0. The molecule has 3 rings (SSSR count). The van der Waals surface area contributed by atoms with Crippen molar-refractivity contribution in [1.29, 1.82) is 0 Å². The Balaban J connectivity index is 1.70. The largest absolute Gasteiger partial charge is 0.346 e. The second-order valence-corrected chi connectivity index (χ2v) is 4.86. The second kappa shape index (κ2) is 5.22. The number of carbonyl (C=O) groups excluding carboxylic acids is 1. The maximum absolute atomic E-state index is 11.9. The van der Waals surface area contributed by atoms with Crippen LogP contribution >= 0.6 is 0 Å². The number of nitrogens with one attached hydrogen (secondary N) is 2. The Morgan fingerprint density at radius 2 is 2.21 bits per heavy atom. The molecule has 1 aliphatic rings. The van der Waals surface area contributed by atoms with E-state index in [1.807, 2.05) is 12.1 Å². The van der Waals surface area contributed by atoms with Gasteiger partial charge in [-0.3, -0.25) is 4.79 Å². The predicted molar refractivity (Wildman–Crippen MR) is 73.6 cm³/mol. The quantitative estimate of drug-likeness (QED) is 0.829. The number of aromatic amines is 1. The van der Waals surface area contributed by atoms with Crippen molar-refractivity contribution in [3.63, 3.8) is 0 Å². The van der Waals surface area contributed by atoms with Gasteiger partial charge in [-0.2, -0.15) is 0 Å². The number of hydrogen-bond donors (Lipinski definition) is 2. The standard InChI is InChI=1S/C14H16N4O/c19-12(6-5-10-3-1-2-4-10)18-14-11-7-8-15-13(11)16-9-17-14/h5-10H,1-4H2,(H2,15,16,17,18,19)/b6-5+. The van der Waals surface area contributed by atoms with E-state index >= 15 is 0 Å². The van der Waals surface area contributed by atoms with Gasteiger partial charge in [-0.15, -0.1) is 0 Å². The maximum Gasteiger partial charge on any atom is 0.249 e. The van der Waals surface area contributed by atoms with Crippen molar-refractivity contribution in [2.24, 2.45) is 5.92 Å². The molecule has 0 saturated heterocycles. The highest BCUT2D eigenvalue weighted by molar-refractivity contribution is 6.03. The number of rotatable bonds is 3. The molecule has 0 aromatic carbocycles. The molecule has 1 saturated carbocycles. The van der Waals surface area contributed by atoms with Crippen molar-refractivity contribution in [2.75, 3.05) is 5.32 Å². The summed E-state index contributed by atoms with van der Waals surface area (Å²) in [6.07, 6.45) is 11.8. The minimum atomic E-state index is -0.131. The van der Waals surface area contributed by atoms with E-state index < -0.39 is 0 Å². The van der Waals surface area contributed by atoms with Crippen molar-refractivity contribution in [2.45, 2.75) is 25.7 Å².